The van der Waals surface area contributed by atoms with Crippen molar-refractivity contribution in [3.63, 3.8) is 0 Å². The van der Waals surface area contributed by atoms with Crippen LogP contribution < -0.4 is 0 Å². The number of carbonyl (C=O) groups excluding carboxylic acids is 1. The summed E-state index contributed by atoms with van der Waals surface area (Å²) in [7, 11) is 0. The second-order valence-electron chi connectivity index (χ2n) is 4.69. The summed E-state index contributed by atoms with van der Waals surface area (Å²) in [6.07, 6.45) is 0.639. The van der Waals surface area contributed by atoms with Gasteiger partial charge >= 0.3 is 5.97 Å². The fourth-order valence-corrected chi connectivity index (χ4v) is 2.32. The van der Waals surface area contributed by atoms with Gasteiger partial charge < -0.3 is 4.74 Å². The molecule has 0 unspecified atom stereocenters. The van der Waals surface area contributed by atoms with Crippen molar-refractivity contribution in [2.45, 2.75) is 27.2 Å². The molecule has 0 fully saturated rings. The third kappa shape index (κ3) is 3.58. The van der Waals surface area contributed by atoms with Gasteiger partial charge in [-0.15, -0.1) is 0 Å². The first kappa shape index (κ1) is 15.4. The second kappa shape index (κ2) is 6.68. The van der Waals surface area contributed by atoms with Gasteiger partial charge in [0.1, 0.15) is 0 Å². The molecule has 0 aliphatic carbocycles. The van der Waals surface area contributed by atoms with Crippen molar-refractivity contribution < 1.29 is 9.53 Å². The molecule has 0 aliphatic heterocycles. The van der Waals surface area contributed by atoms with E-state index in [1.165, 1.54) is 0 Å². The fraction of sp³-hybridized carbons (Fsp3) is 0.312. The molecular weight excluding hydrogens is 288 g/mol. The van der Waals surface area contributed by atoms with Crippen LogP contribution in [0.2, 0.25) is 5.02 Å². The van der Waals surface area contributed by atoms with E-state index < -0.39 is 5.97 Å². The number of hydrogen-bond acceptors (Lipinski definition) is 4. The highest BCUT2D eigenvalue weighted by Gasteiger charge is 2.16. The molecule has 0 amide bonds. The molecule has 0 saturated carbocycles. The Bertz CT molecular complexity index is 648. The summed E-state index contributed by atoms with van der Waals surface area (Å²) in [6.45, 7) is 5.79. The maximum Gasteiger partial charge on any atom is 0.376 e. The molecule has 1 aromatic heterocycles. The van der Waals surface area contributed by atoms with E-state index in [2.05, 4.69) is 9.97 Å². The van der Waals surface area contributed by atoms with Crippen molar-refractivity contribution >= 4 is 17.6 Å². The number of carbonyl (C=O) groups is 1. The topological polar surface area (TPSA) is 52.1 Å². The molecule has 0 atom stereocenters. The molecule has 0 bridgehead atoms. The van der Waals surface area contributed by atoms with Crippen LogP contribution >= 0.6 is 11.6 Å². The van der Waals surface area contributed by atoms with Gasteiger partial charge in [0, 0.05) is 22.8 Å². The van der Waals surface area contributed by atoms with Crippen LogP contribution in [-0.2, 0) is 11.2 Å². The van der Waals surface area contributed by atoms with Gasteiger partial charge in [-0.05, 0) is 38.0 Å². The van der Waals surface area contributed by atoms with E-state index in [1.54, 1.807) is 6.92 Å². The van der Waals surface area contributed by atoms with Crippen molar-refractivity contribution in [1.82, 2.24) is 9.97 Å². The van der Waals surface area contributed by atoms with Crippen LogP contribution in [-0.4, -0.2) is 22.5 Å². The Morgan fingerprint density at radius 1 is 1.19 bits per heavy atom. The van der Waals surface area contributed by atoms with Crippen LogP contribution in [0.25, 0.3) is 0 Å². The number of aryl methyl sites for hydroxylation is 2. The summed E-state index contributed by atoms with van der Waals surface area (Å²) < 4.78 is 4.93. The van der Waals surface area contributed by atoms with Gasteiger partial charge in [0.15, 0.2) is 0 Å². The number of benzene rings is 1. The molecule has 5 heteroatoms. The lowest BCUT2D eigenvalue weighted by Crippen LogP contribution is -2.13. The zero-order valence-electron chi connectivity index (χ0n) is 12.3. The van der Waals surface area contributed by atoms with Gasteiger partial charge in [0.25, 0.3) is 0 Å². The zero-order chi connectivity index (χ0) is 15.4. The van der Waals surface area contributed by atoms with Crippen LogP contribution in [0, 0.1) is 13.8 Å². The lowest BCUT2D eigenvalue weighted by Gasteiger charge is -2.11. The molecule has 1 aromatic carbocycles. The molecule has 0 aliphatic rings. The Kier molecular flexibility index (Phi) is 4.91. The number of nitrogens with zero attached hydrogens (tertiary/aromatic N) is 2. The van der Waals surface area contributed by atoms with Crippen molar-refractivity contribution in [3.05, 3.63) is 57.6 Å². The smallest absolute Gasteiger partial charge is 0.376 e. The Labute approximate surface area is 129 Å². The minimum Gasteiger partial charge on any atom is -0.460 e. The van der Waals surface area contributed by atoms with E-state index in [-0.39, 0.29) is 5.82 Å². The predicted molar refractivity (Wildman–Crippen MR) is 81.7 cm³/mol. The average molecular weight is 305 g/mol. The monoisotopic (exact) mass is 304 g/mol. The Morgan fingerprint density at radius 2 is 1.81 bits per heavy atom. The molecule has 2 aromatic rings. The highest BCUT2D eigenvalue weighted by molar-refractivity contribution is 6.31. The van der Waals surface area contributed by atoms with Gasteiger partial charge in [-0.25, -0.2) is 14.8 Å². The highest BCUT2D eigenvalue weighted by Crippen LogP contribution is 2.21. The molecule has 21 heavy (non-hydrogen) atoms. The number of aromatic nitrogens is 2. The number of esters is 1. The Balaban J connectivity index is 2.34. The molecule has 4 nitrogen and oxygen atoms in total. The van der Waals surface area contributed by atoms with Crippen LogP contribution in [0.15, 0.2) is 24.3 Å². The first-order valence-corrected chi connectivity index (χ1v) is 7.15. The maximum absolute atomic E-state index is 11.7. The second-order valence-corrected chi connectivity index (χ2v) is 5.09. The van der Waals surface area contributed by atoms with E-state index in [1.807, 2.05) is 38.1 Å². The normalized spacial score (nSPS) is 10.5. The maximum atomic E-state index is 11.7. The van der Waals surface area contributed by atoms with Crippen molar-refractivity contribution in [2.24, 2.45) is 0 Å². The largest absolute Gasteiger partial charge is 0.460 e. The van der Waals surface area contributed by atoms with Gasteiger partial charge in [-0.1, -0.05) is 29.8 Å². The van der Waals surface area contributed by atoms with E-state index >= 15 is 0 Å². The molecule has 0 radical (unpaired) electrons. The van der Waals surface area contributed by atoms with Crippen LogP contribution in [0.4, 0.5) is 0 Å². The van der Waals surface area contributed by atoms with E-state index in [9.17, 15) is 4.79 Å². The molecule has 110 valence electrons. The summed E-state index contributed by atoms with van der Waals surface area (Å²) in [5.41, 5.74) is 3.53. The van der Waals surface area contributed by atoms with Crippen molar-refractivity contribution in [2.75, 3.05) is 6.61 Å². The fourth-order valence-electron chi connectivity index (χ4n) is 2.11. The Hall–Kier alpha value is -1.94. The highest BCUT2D eigenvalue weighted by atomic mass is 35.5. The lowest BCUT2D eigenvalue weighted by molar-refractivity contribution is 0.0511. The number of rotatable bonds is 4. The third-order valence-electron chi connectivity index (χ3n) is 3.20. The average Bonchev–Trinajstić information content (AvgIpc) is 2.44. The van der Waals surface area contributed by atoms with Crippen LogP contribution in [0.3, 0.4) is 0 Å². The summed E-state index contributed by atoms with van der Waals surface area (Å²) in [5, 5.41) is 0.714. The number of hydrogen-bond donors (Lipinski definition) is 0. The first-order chi connectivity index (χ1) is 10.0. The minimum atomic E-state index is -0.493. The first-order valence-electron chi connectivity index (χ1n) is 6.77. The molecule has 2 rings (SSSR count). The van der Waals surface area contributed by atoms with E-state index in [0.717, 1.165) is 22.5 Å². The van der Waals surface area contributed by atoms with Crippen molar-refractivity contribution in [1.29, 1.82) is 0 Å². The van der Waals surface area contributed by atoms with Gasteiger partial charge in [0.2, 0.25) is 5.82 Å². The molecule has 0 saturated heterocycles. The standard InChI is InChI=1S/C16H17ClN2O2/c1-4-21-16(20)15-18-10(2)13(11(3)19-15)9-12-7-5-6-8-14(12)17/h5-8H,4,9H2,1-3H3. The summed E-state index contributed by atoms with van der Waals surface area (Å²) in [6, 6.07) is 7.67. The summed E-state index contributed by atoms with van der Waals surface area (Å²) >= 11 is 6.19. The van der Waals surface area contributed by atoms with Crippen LogP contribution in [0.1, 0.15) is 40.1 Å². The third-order valence-corrected chi connectivity index (χ3v) is 3.57. The number of ether oxygens (including phenoxy) is 1. The van der Waals surface area contributed by atoms with Crippen LogP contribution in [0.5, 0.6) is 0 Å². The quantitative estimate of drug-likeness (QED) is 0.811. The van der Waals surface area contributed by atoms with Gasteiger partial charge in [-0.2, -0.15) is 0 Å². The summed E-state index contributed by atoms with van der Waals surface area (Å²) in [4.78, 5) is 20.2. The summed E-state index contributed by atoms with van der Waals surface area (Å²) in [5.74, 6) is -0.386. The van der Waals surface area contributed by atoms with Gasteiger partial charge in [-0.3, -0.25) is 0 Å². The van der Waals surface area contributed by atoms with E-state index in [4.69, 9.17) is 16.3 Å². The minimum absolute atomic E-state index is 0.106. The Morgan fingerprint density at radius 3 is 2.38 bits per heavy atom. The predicted octanol–water partition coefficient (Wildman–Crippen LogP) is 3.51. The zero-order valence-corrected chi connectivity index (χ0v) is 13.1. The molecule has 1 heterocycles. The molecular formula is C16H17ClN2O2. The molecule has 0 spiro atoms. The van der Waals surface area contributed by atoms with Gasteiger partial charge in [0.05, 0.1) is 6.61 Å². The lowest BCUT2D eigenvalue weighted by atomic mass is 10.0. The molecule has 0 N–H and O–H groups in total. The SMILES string of the molecule is CCOC(=O)c1nc(C)c(Cc2ccccc2Cl)c(C)n1. The van der Waals surface area contributed by atoms with E-state index in [0.29, 0.717) is 18.1 Å². The number of halogens is 1. The van der Waals surface area contributed by atoms with Crippen molar-refractivity contribution in [3.8, 4) is 0 Å².